The largest absolute Gasteiger partial charge is 0.390 e. The molecule has 1 atom stereocenters. The van der Waals surface area contributed by atoms with Crippen molar-refractivity contribution in [1.29, 1.82) is 0 Å². The van der Waals surface area contributed by atoms with Crippen molar-refractivity contribution in [1.82, 2.24) is 15.0 Å². The lowest BCUT2D eigenvalue weighted by molar-refractivity contribution is 0.0127. The molecule has 0 fully saturated rings. The van der Waals surface area contributed by atoms with Gasteiger partial charge >= 0.3 is 0 Å². The summed E-state index contributed by atoms with van der Waals surface area (Å²) in [6.45, 7) is 0.946. The molecule has 0 spiro atoms. The number of fused-ring (bicyclic) bond motifs is 1. The predicted molar refractivity (Wildman–Crippen MR) is 123 cm³/mol. The first-order chi connectivity index (χ1) is 15.7. The Balaban J connectivity index is 1.44. The Bertz CT molecular complexity index is 1260. The molecule has 4 rings (SSSR count). The molecule has 4 aromatic rings. The van der Waals surface area contributed by atoms with Crippen molar-refractivity contribution in [2.75, 3.05) is 11.9 Å². The van der Waals surface area contributed by atoms with E-state index < -0.39 is 11.9 Å². The van der Waals surface area contributed by atoms with E-state index in [1.807, 2.05) is 18.2 Å². The zero-order valence-corrected chi connectivity index (χ0v) is 18.5. The van der Waals surface area contributed by atoms with Gasteiger partial charge in [0.1, 0.15) is 5.69 Å². The van der Waals surface area contributed by atoms with Crippen LogP contribution in [0.4, 0.5) is 18.3 Å². The summed E-state index contributed by atoms with van der Waals surface area (Å²) in [6.07, 6.45) is 3.33. The molecule has 1 unspecified atom stereocenters. The molecule has 0 aliphatic carbocycles. The average molecular weight is 474 g/mol. The van der Waals surface area contributed by atoms with Crippen LogP contribution < -0.4 is 11.1 Å². The summed E-state index contributed by atoms with van der Waals surface area (Å²) in [4.78, 5) is 12.7. The van der Waals surface area contributed by atoms with Crippen LogP contribution in [-0.2, 0) is 19.0 Å². The number of benzene rings is 1. The normalized spacial score (nSPS) is 12.8. The first-order valence-corrected chi connectivity index (χ1v) is 11.0. The standard InChI is InChI=1S/C23H22F3N5OS/c1-23(25,26)19-5-2-13(9-28-19)6-17(27)11-30-22-31-18(12-32)21(33-22)14-3-4-15-10-29-20(24)8-16(15)7-14/h2-5,7-10,17,32H,6,11-12,27H2,1H3,(H,30,31). The fourth-order valence-corrected chi connectivity index (χ4v) is 4.39. The van der Waals surface area contributed by atoms with Gasteiger partial charge in [0.15, 0.2) is 5.13 Å². The molecule has 0 amide bonds. The van der Waals surface area contributed by atoms with E-state index in [1.54, 1.807) is 6.07 Å². The summed E-state index contributed by atoms with van der Waals surface area (Å²) >= 11 is 1.36. The number of nitrogens with one attached hydrogen (secondary N) is 1. The Kier molecular flexibility index (Phi) is 6.59. The van der Waals surface area contributed by atoms with Crippen LogP contribution >= 0.6 is 11.3 Å². The molecule has 10 heteroatoms. The number of halogens is 3. The molecule has 0 bridgehead atoms. The molecule has 0 aliphatic heterocycles. The number of aliphatic hydroxyl groups is 1. The van der Waals surface area contributed by atoms with Crippen molar-refractivity contribution in [3.8, 4) is 10.4 Å². The molecular formula is C23H22F3N5OS. The van der Waals surface area contributed by atoms with Gasteiger partial charge in [-0.2, -0.15) is 13.2 Å². The number of nitrogens with two attached hydrogens (primary N) is 1. The minimum atomic E-state index is -2.98. The Labute approximate surface area is 192 Å². The van der Waals surface area contributed by atoms with Crippen molar-refractivity contribution in [3.05, 3.63) is 71.7 Å². The zero-order valence-electron chi connectivity index (χ0n) is 17.7. The van der Waals surface area contributed by atoms with E-state index in [1.165, 1.54) is 35.9 Å². The first-order valence-electron chi connectivity index (χ1n) is 10.2. The summed E-state index contributed by atoms with van der Waals surface area (Å²) in [5.74, 6) is -3.54. The fraction of sp³-hybridized carbons (Fsp3) is 0.261. The van der Waals surface area contributed by atoms with Crippen LogP contribution in [0.1, 0.15) is 23.9 Å². The summed E-state index contributed by atoms with van der Waals surface area (Å²) < 4.78 is 40.1. The monoisotopic (exact) mass is 473 g/mol. The highest BCUT2D eigenvalue weighted by atomic mass is 32.1. The molecule has 0 aliphatic rings. The highest BCUT2D eigenvalue weighted by Gasteiger charge is 2.25. The van der Waals surface area contributed by atoms with E-state index in [2.05, 4.69) is 20.3 Å². The van der Waals surface area contributed by atoms with Gasteiger partial charge in [0.05, 0.1) is 17.2 Å². The van der Waals surface area contributed by atoms with Crippen LogP contribution in [0.3, 0.4) is 0 Å². The lowest BCUT2D eigenvalue weighted by Crippen LogP contribution is -2.31. The van der Waals surface area contributed by atoms with Crippen molar-refractivity contribution >= 4 is 27.2 Å². The van der Waals surface area contributed by atoms with Crippen LogP contribution in [0.5, 0.6) is 0 Å². The van der Waals surface area contributed by atoms with Crippen LogP contribution in [0.25, 0.3) is 21.2 Å². The van der Waals surface area contributed by atoms with Gasteiger partial charge in [-0.15, -0.1) is 0 Å². The van der Waals surface area contributed by atoms with Crippen LogP contribution in [-0.4, -0.2) is 32.6 Å². The topological polar surface area (TPSA) is 97.0 Å². The maximum atomic E-state index is 13.5. The van der Waals surface area contributed by atoms with Gasteiger partial charge in [0.2, 0.25) is 5.95 Å². The Morgan fingerprint density at radius 1 is 1.12 bits per heavy atom. The second-order valence-electron chi connectivity index (χ2n) is 7.81. The van der Waals surface area contributed by atoms with Gasteiger partial charge in [-0.3, -0.25) is 4.98 Å². The number of pyridine rings is 2. The van der Waals surface area contributed by atoms with Crippen LogP contribution in [0.15, 0.2) is 48.8 Å². The van der Waals surface area contributed by atoms with E-state index in [0.717, 1.165) is 28.3 Å². The molecule has 0 radical (unpaired) electrons. The van der Waals surface area contributed by atoms with Gasteiger partial charge in [-0.1, -0.05) is 29.5 Å². The Morgan fingerprint density at radius 2 is 1.94 bits per heavy atom. The number of rotatable bonds is 8. The van der Waals surface area contributed by atoms with Gasteiger partial charge in [0.25, 0.3) is 5.92 Å². The van der Waals surface area contributed by atoms with Crippen molar-refractivity contribution in [3.63, 3.8) is 0 Å². The van der Waals surface area contributed by atoms with E-state index in [-0.39, 0.29) is 18.3 Å². The molecular weight excluding hydrogens is 451 g/mol. The molecule has 4 N–H and O–H groups in total. The predicted octanol–water partition coefficient (Wildman–Crippen LogP) is 4.48. The molecule has 3 heterocycles. The Hall–Kier alpha value is -3.08. The number of aliphatic hydroxyl groups excluding tert-OH is 1. The number of hydrogen-bond donors (Lipinski definition) is 3. The van der Waals surface area contributed by atoms with E-state index in [4.69, 9.17) is 5.73 Å². The maximum Gasteiger partial charge on any atom is 0.286 e. The highest BCUT2D eigenvalue weighted by Crippen LogP contribution is 2.35. The fourth-order valence-electron chi connectivity index (χ4n) is 3.41. The molecule has 172 valence electrons. The van der Waals surface area contributed by atoms with E-state index >= 15 is 0 Å². The third-order valence-electron chi connectivity index (χ3n) is 5.09. The number of alkyl halides is 2. The molecule has 3 aromatic heterocycles. The minimum absolute atomic E-state index is 0.248. The summed E-state index contributed by atoms with van der Waals surface area (Å²) in [7, 11) is 0. The van der Waals surface area contributed by atoms with Gasteiger partial charge in [-0.25, -0.2) is 9.97 Å². The van der Waals surface area contributed by atoms with Crippen molar-refractivity contribution < 1.29 is 18.3 Å². The number of thiazole rings is 1. The molecule has 33 heavy (non-hydrogen) atoms. The average Bonchev–Trinajstić information content (AvgIpc) is 3.20. The molecule has 1 aromatic carbocycles. The quantitative estimate of drug-likeness (QED) is 0.327. The van der Waals surface area contributed by atoms with Crippen molar-refractivity contribution in [2.24, 2.45) is 5.73 Å². The van der Waals surface area contributed by atoms with E-state index in [0.29, 0.717) is 29.2 Å². The maximum absolute atomic E-state index is 13.5. The summed E-state index contributed by atoms with van der Waals surface area (Å²) in [5.41, 5.74) is 7.98. The number of anilines is 1. The molecule has 0 saturated heterocycles. The SMILES string of the molecule is CC(F)(F)c1ccc(CC(N)CNc2nc(CO)c(-c3ccc4cnc(F)cc4c3)s2)cn1. The van der Waals surface area contributed by atoms with Gasteiger partial charge in [0, 0.05) is 43.4 Å². The summed E-state index contributed by atoms with van der Waals surface area (Å²) in [5, 5.41) is 15.0. The second-order valence-corrected chi connectivity index (χ2v) is 8.81. The highest BCUT2D eigenvalue weighted by molar-refractivity contribution is 7.19. The smallest absolute Gasteiger partial charge is 0.286 e. The number of hydrogen-bond acceptors (Lipinski definition) is 7. The van der Waals surface area contributed by atoms with E-state index in [9.17, 15) is 18.3 Å². The zero-order chi connectivity index (χ0) is 23.6. The lowest BCUT2D eigenvalue weighted by atomic mass is 10.1. The lowest BCUT2D eigenvalue weighted by Gasteiger charge is -2.13. The first kappa shape index (κ1) is 23.1. The minimum Gasteiger partial charge on any atom is -0.390 e. The second kappa shape index (κ2) is 9.42. The molecule has 6 nitrogen and oxygen atoms in total. The van der Waals surface area contributed by atoms with Crippen LogP contribution in [0, 0.1) is 5.95 Å². The third-order valence-corrected chi connectivity index (χ3v) is 6.19. The Morgan fingerprint density at radius 3 is 2.64 bits per heavy atom. The number of nitrogens with zero attached hydrogens (tertiary/aromatic N) is 3. The number of aromatic nitrogens is 3. The van der Waals surface area contributed by atoms with Crippen molar-refractivity contribution in [2.45, 2.75) is 31.9 Å². The van der Waals surface area contributed by atoms with Gasteiger partial charge in [-0.05, 0) is 35.1 Å². The van der Waals surface area contributed by atoms with Crippen LogP contribution in [0.2, 0.25) is 0 Å². The van der Waals surface area contributed by atoms with Gasteiger partial charge < -0.3 is 16.2 Å². The third kappa shape index (κ3) is 5.47. The summed E-state index contributed by atoms with van der Waals surface area (Å²) in [6, 6.07) is 9.51. The molecule has 0 saturated carbocycles.